The van der Waals surface area contributed by atoms with Crippen LogP contribution in [0.4, 0.5) is 0 Å². The van der Waals surface area contributed by atoms with Crippen molar-refractivity contribution in [3.63, 3.8) is 0 Å². The van der Waals surface area contributed by atoms with E-state index in [0.717, 1.165) is 16.2 Å². The number of amides is 1. The van der Waals surface area contributed by atoms with Crippen molar-refractivity contribution in [1.29, 1.82) is 0 Å². The number of carbonyl (C=O) groups is 1. The highest BCUT2D eigenvalue weighted by atomic mass is 32.2. The fourth-order valence-corrected chi connectivity index (χ4v) is 5.67. The van der Waals surface area contributed by atoms with Gasteiger partial charge in [0.15, 0.2) is 0 Å². The number of fused-ring (bicyclic) bond motifs is 1. The molecule has 0 spiro atoms. The molecule has 1 saturated heterocycles. The Kier molecular flexibility index (Phi) is 6.52. The SMILES string of the molecule is O=C1N=C(CN(Cc2cccs2)S(=O)(=O)CCc2ccccc2)N=C2CCOCC12. The first-order chi connectivity index (χ1) is 14.5. The van der Waals surface area contributed by atoms with E-state index in [4.69, 9.17) is 4.74 Å². The molecule has 2 aliphatic heterocycles. The molecule has 1 atom stereocenters. The lowest BCUT2D eigenvalue weighted by atomic mass is 9.97. The van der Waals surface area contributed by atoms with E-state index in [0.29, 0.717) is 26.1 Å². The first kappa shape index (κ1) is 21.0. The maximum absolute atomic E-state index is 13.2. The summed E-state index contributed by atoms with van der Waals surface area (Å²) in [5.74, 6) is -0.486. The van der Waals surface area contributed by atoms with Crippen LogP contribution in [-0.4, -0.2) is 55.7 Å². The van der Waals surface area contributed by atoms with Gasteiger partial charge in [0, 0.05) is 23.6 Å². The summed E-state index contributed by atoms with van der Waals surface area (Å²) in [5.41, 5.74) is 1.71. The minimum absolute atomic E-state index is 0.0160. The molecule has 1 unspecified atom stereocenters. The molecule has 1 aromatic carbocycles. The average molecular weight is 446 g/mol. The molecule has 158 valence electrons. The lowest BCUT2D eigenvalue weighted by molar-refractivity contribution is -0.121. The van der Waals surface area contributed by atoms with Gasteiger partial charge in [0.25, 0.3) is 5.91 Å². The lowest BCUT2D eigenvalue weighted by Crippen LogP contribution is -2.41. The van der Waals surface area contributed by atoms with Gasteiger partial charge in [-0.15, -0.1) is 11.3 Å². The molecule has 4 rings (SSSR count). The molecule has 30 heavy (non-hydrogen) atoms. The van der Waals surface area contributed by atoms with Crippen LogP contribution in [0.5, 0.6) is 0 Å². The second-order valence-electron chi connectivity index (χ2n) is 7.25. The highest BCUT2D eigenvalue weighted by molar-refractivity contribution is 7.89. The second kappa shape index (κ2) is 9.30. The third kappa shape index (κ3) is 5.10. The zero-order valence-corrected chi connectivity index (χ0v) is 18.1. The minimum Gasteiger partial charge on any atom is -0.380 e. The quantitative estimate of drug-likeness (QED) is 0.625. The molecule has 0 saturated carbocycles. The molecule has 0 bridgehead atoms. The molecule has 1 aromatic heterocycles. The van der Waals surface area contributed by atoms with Crippen LogP contribution < -0.4 is 0 Å². The molecule has 2 aromatic rings. The van der Waals surface area contributed by atoms with Crippen molar-refractivity contribution < 1.29 is 17.9 Å². The molecule has 0 N–H and O–H groups in total. The number of nitrogens with zero attached hydrogens (tertiary/aromatic N) is 3. The van der Waals surface area contributed by atoms with Gasteiger partial charge in [-0.3, -0.25) is 4.79 Å². The van der Waals surface area contributed by atoms with Gasteiger partial charge < -0.3 is 4.74 Å². The summed E-state index contributed by atoms with van der Waals surface area (Å²) < 4.78 is 33.1. The molecule has 2 aliphatic rings. The summed E-state index contributed by atoms with van der Waals surface area (Å²) in [6, 6.07) is 13.3. The lowest BCUT2D eigenvalue weighted by Gasteiger charge is -2.27. The maximum atomic E-state index is 13.2. The van der Waals surface area contributed by atoms with Crippen LogP contribution in [0.25, 0.3) is 0 Å². The van der Waals surface area contributed by atoms with Gasteiger partial charge in [0.05, 0.1) is 25.5 Å². The van der Waals surface area contributed by atoms with Crippen LogP contribution in [0.3, 0.4) is 0 Å². The Hall–Kier alpha value is -2.20. The number of hydrogen-bond acceptors (Lipinski definition) is 6. The third-order valence-electron chi connectivity index (χ3n) is 5.11. The summed E-state index contributed by atoms with van der Waals surface area (Å²) in [7, 11) is -3.59. The van der Waals surface area contributed by atoms with E-state index < -0.39 is 15.9 Å². The number of aliphatic imine (C=N–C) groups is 2. The number of sulfonamides is 1. The number of benzene rings is 1. The van der Waals surface area contributed by atoms with Gasteiger partial charge in [-0.2, -0.15) is 9.30 Å². The molecule has 0 radical (unpaired) electrons. The fraction of sp³-hybridized carbons (Fsp3) is 0.381. The number of rotatable bonds is 8. The molecular weight excluding hydrogens is 422 g/mol. The van der Waals surface area contributed by atoms with E-state index in [1.165, 1.54) is 15.6 Å². The topological polar surface area (TPSA) is 88.4 Å². The van der Waals surface area contributed by atoms with Crippen LogP contribution >= 0.6 is 11.3 Å². The molecule has 9 heteroatoms. The van der Waals surface area contributed by atoms with Gasteiger partial charge in [0.2, 0.25) is 10.0 Å². The van der Waals surface area contributed by atoms with E-state index in [1.807, 2.05) is 47.8 Å². The van der Waals surface area contributed by atoms with Crippen LogP contribution in [-0.2, 0) is 32.5 Å². The summed E-state index contributed by atoms with van der Waals surface area (Å²) in [6.45, 7) is 1.03. The maximum Gasteiger partial charge on any atom is 0.258 e. The summed E-state index contributed by atoms with van der Waals surface area (Å²) in [6.07, 6.45) is 0.991. The van der Waals surface area contributed by atoms with Gasteiger partial charge in [0.1, 0.15) is 11.8 Å². The Morgan fingerprint density at radius 1 is 1.10 bits per heavy atom. The standard InChI is InChI=1S/C21H23N3O4S2/c25-21-18-15-28-10-8-19(18)22-20(23-21)14-24(13-17-7-4-11-29-17)30(26,27)12-9-16-5-2-1-3-6-16/h1-7,11,18H,8-10,12-15H2. The molecule has 7 nitrogen and oxygen atoms in total. The minimum atomic E-state index is -3.59. The Balaban J connectivity index is 1.53. The number of carbonyl (C=O) groups excluding carboxylic acids is 1. The van der Waals surface area contributed by atoms with Crippen molar-refractivity contribution in [3.05, 3.63) is 58.3 Å². The highest BCUT2D eigenvalue weighted by Crippen LogP contribution is 2.20. The van der Waals surface area contributed by atoms with Crippen LogP contribution in [0.2, 0.25) is 0 Å². The van der Waals surface area contributed by atoms with E-state index in [2.05, 4.69) is 9.98 Å². The van der Waals surface area contributed by atoms with Crippen molar-refractivity contribution in [2.24, 2.45) is 15.9 Å². The number of ether oxygens (including phenoxy) is 1. The highest BCUT2D eigenvalue weighted by Gasteiger charge is 2.33. The summed E-state index contributed by atoms with van der Waals surface area (Å²) in [4.78, 5) is 21.9. The molecule has 1 amide bonds. The average Bonchev–Trinajstić information content (AvgIpc) is 3.26. The predicted octanol–water partition coefficient (Wildman–Crippen LogP) is 2.54. The molecular formula is C21H23N3O4S2. The monoisotopic (exact) mass is 445 g/mol. The molecule has 3 heterocycles. The Morgan fingerprint density at radius 2 is 1.93 bits per heavy atom. The summed E-state index contributed by atoms with van der Waals surface area (Å²) in [5, 5.41) is 1.92. The number of thiophene rings is 1. The fourth-order valence-electron chi connectivity index (χ4n) is 3.47. The zero-order valence-electron chi connectivity index (χ0n) is 16.4. The van der Waals surface area contributed by atoms with Crippen molar-refractivity contribution in [2.45, 2.75) is 19.4 Å². The van der Waals surface area contributed by atoms with Gasteiger partial charge in [-0.1, -0.05) is 36.4 Å². The van der Waals surface area contributed by atoms with E-state index in [1.54, 1.807) is 0 Å². The van der Waals surface area contributed by atoms with E-state index in [9.17, 15) is 13.2 Å². The molecule has 1 fully saturated rings. The zero-order chi connectivity index (χ0) is 21.0. The first-order valence-corrected chi connectivity index (χ1v) is 12.3. The van der Waals surface area contributed by atoms with Crippen molar-refractivity contribution in [1.82, 2.24) is 4.31 Å². The van der Waals surface area contributed by atoms with Crippen molar-refractivity contribution >= 4 is 38.8 Å². The van der Waals surface area contributed by atoms with E-state index >= 15 is 0 Å². The van der Waals surface area contributed by atoms with Gasteiger partial charge >= 0.3 is 0 Å². The number of aryl methyl sites for hydroxylation is 1. The van der Waals surface area contributed by atoms with E-state index in [-0.39, 0.29) is 30.6 Å². The number of hydrogen-bond donors (Lipinski definition) is 0. The van der Waals surface area contributed by atoms with Crippen molar-refractivity contribution in [2.75, 3.05) is 25.5 Å². The van der Waals surface area contributed by atoms with Gasteiger partial charge in [-0.25, -0.2) is 13.4 Å². The first-order valence-electron chi connectivity index (χ1n) is 9.82. The normalized spacial score (nSPS) is 19.4. The van der Waals surface area contributed by atoms with Crippen molar-refractivity contribution in [3.8, 4) is 0 Å². The van der Waals surface area contributed by atoms with Crippen LogP contribution in [0, 0.1) is 5.92 Å². The second-order valence-corrected chi connectivity index (χ2v) is 10.4. The Morgan fingerprint density at radius 3 is 2.70 bits per heavy atom. The Bertz CT molecular complexity index is 1050. The van der Waals surface area contributed by atoms with Crippen LogP contribution in [0.1, 0.15) is 16.9 Å². The predicted molar refractivity (Wildman–Crippen MR) is 117 cm³/mol. The number of amidine groups is 1. The third-order valence-corrected chi connectivity index (χ3v) is 7.74. The largest absolute Gasteiger partial charge is 0.380 e. The van der Waals surface area contributed by atoms with Gasteiger partial charge in [-0.05, 0) is 23.4 Å². The Labute approximate surface area is 180 Å². The molecule has 0 aliphatic carbocycles. The van der Waals surface area contributed by atoms with Crippen LogP contribution in [0.15, 0.2) is 57.8 Å². The smallest absolute Gasteiger partial charge is 0.258 e. The summed E-state index contributed by atoms with van der Waals surface area (Å²) >= 11 is 1.50.